The summed E-state index contributed by atoms with van der Waals surface area (Å²) in [5.41, 5.74) is -0.317. The Morgan fingerprint density at radius 2 is 1.75 bits per heavy atom. The molecule has 0 bridgehead atoms. The molecule has 1 fully saturated rings. The van der Waals surface area contributed by atoms with E-state index >= 15 is 0 Å². The highest BCUT2D eigenvalue weighted by atomic mass is 79.9. The van der Waals surface area contributed by atoms with E-state index < -0.39 is 30.1 Å². The van der Waals surface area contributed by atoms with Crippen LogP contribution in [0.5, 0.6) is 0 Å². The molecule has 2 nitrogen and oxygen atoms in total. The highest BCUT2D eigenvalue weighted by molar-refractivity contribution is 9.10. The van der Waals surface area contributed by atoms with Gasteiger partial charge in [-0.15, -0.1) is 0 Å². The van der Waals surface area contributed by atoms with Crippen molar-refractivity contribution in [3.05, 3.63) is 39.3 Å². The molecule has 1 aliphatic heterocycles. The third-order valence-corrected chi connectivity index (χ3v) is 5.46. The van der Waals surface area contributed by atoms with E-state index in [1.54, 1.807) is 6.08 Å². The van der Waals surface area contributed by atoms with E-state index in [0.29, 0.717) is 15.8 Å². The maximum atomic E-state index is 12.8. The van der Waals surface area contributed by atoms with Gasteiger partial charge in [-0.2, -0.15) is 25.8 Å². The molecule has 0 saturated carbocycles. The smallest absolute Gasteiger partial charge is 0.400 e. The van der Waals surface area contributed by atoms with Gasteiger partial charge in [0.15, 0.2) is 0 Å². The molecule has 0 aliphatic carbocycles. The second-order valence-electron chi connectivity index (χ2n) is 6.70. The maximum Gasteiger partial charge on any atom is 0.491 e. The van der Waals surface area contributed by atoms with Crippen LogP contribution in [0.1, 0.15) is 38.8 Å². The van der Waals surface area contributed by atoms with Gasteiger partial charge >= 0.3 is 13.3 Å². The molecule has 8 heteroatoms. The Bertz CT molecular complexity index is 643. The Balaban J connectivity index is 2.32. The van der Waals surface area contributed by atoms with Crippen LogP contribution in [0.15, 0.2) is 28.1 Å². The summed E-state index contributed by atoms with van der Waals surface area (Å²) >= 11 is 7.51. The van der Waals surface area contributed by atoms with Gasteiger partial charge in [-0.05, 0) is 50.9 Å². The van der Waals surface area contributed by atoms with E-state index in [1.165, 1.54) is 6.07 Å². The van der Waals surface area contributed by atoms with E-state index in [-0.39, 0.29) is 0 Å². The number of benzene rings is 1. The van der Waals surface area contributed by atoms with Gasteiger partial charge in [0.05, 0.1) is 16.8 Å². The van der Waals surface area contributed by atoms with Crippen LogP contribution in [0.3, 0.4) is 0 Å². The summed E-state index contributed by atoms with van der Waals surface area (Å²) in [7, 11) is -0.582. The van der Waals surface area contributed by atoms with Crippen molar-refractivity contribution in [1.82, 2.24) is 0 Å². The van der Waals surface area contributed by atoms with Crippen LogP contribution >= 0.6 is 28.6 Å². The third-order valence-electron chi connectivity index (χ3n) is 4.41. The minimum absolute atomic E-state index is 0.355. The first kappa shape index (κ1) is 19.9. The molecule has 1 aromatic rings. The predicted octanol–water partition coefficient (Wildman–Crippen LogP) is 5.41. The number of thiol groups is 1. The highest BCUT2D eigenvalue weighted by Crippen LogP contribution is 2.39. The average molecular weight is 423 g/mol. The minimum atomic E-state index is -4.37. The summed E-state index contributed by atoms with van der Waals surface area (Å²) in [5.74, 6) is 0.365. The minimum Gasteiger partial charge on any atom is -0.400 e. The quantitative estimate of drug-likeness (QED) is 0.518. The average Bonchev–Trinajstić information content (AvgIpc) is 2.64. The molecule has 0 atom stereocenters. The first-order valence-corrected chi connectivity index (χ1v) is 8.83. The standard InChI is InChI=1S/C16H19BBrF3O2S/c1-14(2)15(3,4)23-17(22-14)12(9-24)7-10-5-6-11(8-13(10)18)16(19,20)21/h5-8,24H,9H2,1-4H3. The molecule has 0 aromatic heterocycles. The van der Waals surface area contributed by atoms with Crippen LogP contribution in [-0.4, -0.2) is 24.1 Å². The van der Waals surface area contributed by atoms with Gasteiger partial charge in [-0.1, -0.05) is 28.1 Å². The Kier molecular flexibility index (Phi) is 5.55. The fourth-order valence-corrected chi connectivity index (χ4v) is 2.94. The molecule has 0 radical (unpaired) electrons. The molecule has 1 saturated heterocycles. The van der Waals surface area contributed by atoms with Gasteiger partial charge in [0.25, 0.3) is 0 Å². The van der Waals surface area contributed by atoms with Gasteiger partial charge in [0.2, 0.25) is 0 Å². The number of halogens is 4. The van der Waals surface area contributed by atoms with Crippen molar-refractivity contribution in [1.29, 1.82) is 0 Å². The molecular weight excluding hydrogens is 404 g/mol. The molecule has 0 N–H and O–H groups in total. The second kappa shape index (κ2) is 6.70. The lowest BCUT2D eigenvalue weighted by Gasteiger charge is -2.32. The molecule has 0 amide bonds. The summed E-state index contributed by atoms with van der Waals surface area (Å²) in [5, 5.41) is 0. The van der Waals surface area contributed by atoms with E-state index in [0.717, 1.165) is 17.6 Å². The van der Waals surface area contributed by atoms with Crippen molar-refractivity contribution in [3.63, 3.8) is 0 Å². The monoisotopic (exact) mass is 422 g/mol. The Hall–Kier alpha value is -0.435. The zero-order chi connectivity index (χ0) is 18.3. The SMILES string of the molecule is CC1(C)OB(C(=Cc2ccc(C(F)(F)F)cc2Br)CS)OC1(C)C. The highest BCUT2D eigenvalue weighted by Gasteiger charge is 2.52. The zero-order valence-electron chi connectivity index (χ0n) is 13.9. The number of alkyl halides is 3. The normalized spacial score (nSPS) is 20.5. The summed E-state index contributed by atoms with van der Waals surface area (Å²) < 4.78 is 50.6. The van der Waals surface area contributed by atoms with E-state index in [1.807, 2.05) is 27.7 Å². The van der Waals surface area contributed by atoms with E-state index in [2.05, 4.69) is 28.6 Å². The van der Waals surface area contributed by atoms with Gasteiger partial charge in [0, 0.05) is 10.2 Å². The first-order chi connectivity index (χ1) is 10.9. The molecule has 132 valence electrons. The lowest BCUT2D eigenvalue weighted by Crippen LogP contribution is -2.41. The zero-order valence-corrected chi connectivity index (χ0v) is 16.3. The molecule has 24 heavy (non-hydrogen) atoms. The van der Waals surface area contributed by atoms with Crippen molar-refractivity contribution >= 4 is 41.8 Å². The fraction of sp³-hybridized carbons (Fsp3) is 0.500. The van der Waals surface area contributed by atoms with Crippen molar-refractivity contribution in [3.8, 4) is 0 Å². The predicted molar refractivity (Wildman–Crippen MR) is 97.1 cm³/mol. The third kappa shape index (κ3) is 4.03. The van der Waals surface area contributed by atoms with E-state index in [4.69, 9.17) is 9.31 Å². The van der Waals surface area contributed by atoms with Crippen molar-refractivity contribution in [2.75, 3.05) is 5.75 Å². The number of hydrogen-bond acceptors (Lipinski definition) is 3. The van der Waals surface area contributed by atoms with Crippen LogP contribution in [-0.2, 0) is 15.5 Å². The largest absolute Gasteiger partial charge is 0.491 e. The molecule has 1 aromatic carbocycles. The Morgan fingerprint density at radius 3 is 2.17 bits per heavy atom. The number of hydrogen-bond donors (Lipinski definition) is 1. The Labute approximate surface area is 154 Å². The van der Waals surface area contributed by atoms with Crippen LogP contribution in [0.25, 0.3) is 6.08 Å². The van der Waals surface area contributed by atoms with Crippen LogP contribution in [0.4, 0.5) is 13.2 Å². The number of rotatable bonds is 3. The van der Waals surface area contributed by atoms with Gasteiger partial charge in [0.1, 0.15) is 0 Å². The molecule has 2 rings (SSSR count). The maximum absolute atomic E-state index is 12.8. The lowest BCUT2D eigenvalue weighted by atomic mass is 9.78. The summed E-state index contributed by atoms with van der Waals surface area (Å²) in [6, 6.07) is 3.53. The van der Waals surface area contributed by atoms with Crippen molar-refractivity contribution < 1.29 is 22.5 Å². The van der Waals surface area contributed by atoms with Gasteiger partial charge in [-0.25, -0.2) is 0 Å². The first-order valence-electron chi connectivity index (χ1n) is 7.41. The molecule has 1 heterocycles. The second-order valence-corrected chi connectivity index (χ2v) is 7.87. The van der Waals surface area contributed by atoms with Gasteiger partial charge in [-0.3, -0.25) is 0 Å². The van der Waals surface area contributed by atoms with Crippen LogP contribution < -0.4 is 0 Å². The van der Waals surface area contributed by atoms with E-state index in [9.17, 15) is 13.2 Å². The summed E-state index contributed by atoms with van der Waals surface area (Å²) in [6.45, 7) is 7.77. The molecule has 0 spiro atoms. The molecule has 0 unspecified atom stereocenters. The fourth-order valence-electron chi connectivity index (χ4n) is 2.20. The lowest BCUT2D eigenvalue weighted by molar-refractivity contribution is -0.137. The summed E-state index contributed by atoms with van der Waals surface area (Å²) in [4.78, 5) is 0. The van der Waals surface area contributed by atoms with Crippen molar-refractivity contribution in [2.24, 2.45) is 0 Å². The topological polar surface area (TPSA) is 18.5 Å². The Morgan fingerprint density at radius 1 is 1.21 bits per heavy atom. The van der Waals surface area contributed by atoms with Crippen molar-refractivity contribution in [2.45, 2.75) is 45.1 Å². The molecule has 1 aliphatic rings. The van der Waals surface area contributed by atoms with Crippen LogP contribution in [0.2, 0.25) is 0 Å². The summed E-state index contributed by atoms with van der Waals surface area (Å²) in [6.07, 6.45) is -2.62. The van der Waals surface area contributed by atoms with Gasteiger partial charge < -0.3 is 9.31 Å². The van der Waals surface area contributed by atoms with Crippen LogP contribution in [0, 0.1) is 0 Å². The molecular formula is C16H19BBrF3O2S.